The second-order valence-electron chi connectivity index (χ2n) is 7.37. The van der Waals surface area contributed by atoms with Crippen molar-refractivity contribution in [2.24, 2.45) is 4.99 Å². The summed E-state index contributed by atoms with van der Waals surface area (Å²) < 4.78 is 40.1. The lowest BCUT2D eigenvalue weighted by Crippen LogP contribution is -2.43. The van der Waals surface area contributed by atoms with Crippen molar-refractivity contribution in [2.45, 2.75) is 12.5 Å². The van der Waals surface area contributed by atoms with Crippen molar-refractivity contribution >= 4 is 39.0 Å². The van der Waals surface area contributed by atoms with Gasteiger partial charge in [-0.1, -0.05) is 0 Å². The van der Waals surface area contributed by atoms with Crippen molar-refractivity contribution in [2.75, 3.05) is 18.1 Å². The number of aromatic nitrogens is 2. The molecule has 1 aliphatic rings. The van der Waals surface area contributed by atoms with Crippen LogP contribution in [0.3, 0.4) is 0 Å². The van der Waals surface area contributed by atoms with Gasteiger partial charge in [0.15, 0.2) is 5.82 Å². The number of halogens is 1. The molecule has 2 N–H and O–H groups in total. The Morgan fingerprint density at radius 2 is 2.10 bits per heavy atom. The highest BCUT2D eigenvalue weighted by atomic mass is 32.2. The second kappa shape index (κ2) is 7.17. The number of imidazole rings is 1. The quantitative estimate of drug-likeness (QED) is 0.645. The molecule has 1 aliphatic heterocycles. The molecule has 1 unspecified atom stereocenters. The topological polar surface area (TPSA) is 131 Å². The van der Waals surface area contributed by atoms with Gasteiger partial charge in [0.25, 0.3) is 5.91 Å². The molecule has 158 valence electrons. The lowest BCUT2D eigenvalue weighted by atomic mass is 9.93. The third kappa shape index (κ3) is 3.73. The van der Waals surface area contributed by atoms with Gasteiger partial charge in [-0.2, -0.15) is 5.26 Å². The fourth-order valence-electron chi connectivity index (χ4n) is 3.31. The van der Waals surface area contributed by atoms with E-state index in [9.17, 15) is 17.6 Å². The van der Waals surface area contributed by atoms with E-state index in [1.54, 1.807) is 18.2 Å². The van der Waals surface area contributed by atoms with Crippen LogP contribution in [0.5, 0.6) is 0 Å². The van der Waals surface area contributed by atoms with Crippen LogP contribution < -0.4 is 5.32 Å². The van der Waals surface area contributed by atoms with Gasteiger partial charge in [-0.05, 0) is 43.3 Å². The summed E-state index contributed by atoms with van der Waals surface area (Å²) in [5.41, 5.74) is 0.426. The molecule has 2 aromatic carbocycles. The molecular weight excluding hydrogens is 423 g/mol. The van der Waals surface area contributed by atoms with Gasteiger partial charge in [0.05, 0.1) is 34.8 Å². The lowest BCUT2D eigenvalue weighted by molar-refractivity contribution is 0.101. The van der Waals surface area contributed by atoms with E-state index in [0.717, 1.165) is 16.7 Å². The highest BCUT2D eigenvalue weighted by Gasteiger charge is 2.39. The molecule has 1 atom stereocenters. The van der Waals surface area contributed by atoms with Gasteiger partial charge in [-0.25, -0.2) is 17.8 Å². The first-order chi connectivity index (χ1) is 14.6. The number of hydrogen-bond acceptors (Lipinski definition) is 6. The molecule has 0 bridgehead atoms. The van der Waals surface area contributed by atoms with E-state index < -0.39 is 33.0 Å². The van der Waals surface area contributed by atoms with Gasteiger partial charge in [0.2, 0.25) is 10.0 Å². The molecule has 0 saturated heterocycles. The van der Waals surface area contributed by atoms with Crippen LogP contribution >= 0.6 is 0 Å². The van der Waals surface area contributed by atoms with Crippen LogP contribution in [-0.4, -0.2) is 47.7 Å². The number of H-pyrrole nitrogens is 1. The molecule has 31 heavy (non-hydrogen) atoms. The number of sulfonamides is 1. The Bertz CT molecular complexity index is 1390. The smallest absolute Gasteiger partial charge is 0.291 e. The average Bonchev–Trinajstić information content (AvgIpc) is 3.15. The largest absolute Gasteiger partial charge is 0.334 e. The highest BCUT2D eigenvalue weighted by Crippen LogP contribution is 2.34. The zero-order chi connectivity index (χ0) is 22.4. The van der Waals surface area contributed by atoms with Gasteiger partial charge in [0.1, 0.15) is 11.4 Å². The van der Waals surface area contributed by atoms with Crippen LogP contribution in [0.1, 0.15) is 28.7 Å². The molecule has 0 aliphatic carbocycles. The Kier molecular flexibility index (Phi) is 4.74. The Hall–Kier alpha value is -3.78. The van der Waals surface area contributed by atoms with Crippen molar-refractivity contribution in [3.05, 3.63) is 59.2 Å². The van der Waals surface area contributed by atoms with E-state index in [1.807, 2.05) is 6.07 Å². The number of benzene rings is 2. The highest BCUT2D eigenvalue weighted by molar-refractivity contribution is 7.89. The van der Waals surface area contributed by atoms with E-state index in [0.29, 0.717) is 16.6 Å². The molecule has 1 aromatic heterocycles. The Balaban J connectivity index is 1.64. The molecule has 0 radical (unpaired) electrons. The number of rotatable bonds is 3. The van der Waals surface area contributed by atoms with Gasteiger partial charge < -0.3 is 10.3 Å². The number of carbonyl (C=O) groups excluding carboxylic acids is 1. The maximum atomic E-state index is 14.6. The minimum absolute atomic E-state index is 0.0158. The minimum Gasteiger partial charge on any atom is -0.334 e. The van der Waals surface area contributed by atoms with E-state index >= 15 is 0 Å². The standard InChI is InChI=1S/C20H17FN6O3S/c1-20(10-31(29,30)27(2)11-23-20)14-8-13(4-5-15(14)21)24-19(28)18-25-16-6-3-12(9-22)7-17(16)26-18/h3-8,11H,10H2,1-2H3,(H,24,28)(H,25,26). The molecule has 11 heteroatoms. The maximum Gasteiger partial charge on any atom is 0.291 e. The molecule has 3 aromatic rings. The summed E-state index contributed by atoms with van der Waals surface area (Å²) in [6, 6.07) is 10.7. The third-order valence-electron chi connectivity index (χ3n) is 5.04. The number of aromatic amines is 1. The zero-order valence-electron chi connectivity index (χ0n) is 16.5. The summed E-state index contributed by atoms with van der Waals surface area (Å²) >= 11 is 0. The number of carbonyl (C=O) groups is 1. The van der Waals surface area contributed by atoms with Crippen LogP contribution in [0.25, 0.3) is 11.0 Å². The van der Waals surface area contributed by atoms with Crippen LogP contribution in [0.2, 0.25) is 0 Å². The summed E-state index contributed by atoms with van der Waals surface area (Å²) in [5, 5.41) is 11.6. The van der Waals surface area contributed by atoms with Crippen molar-refractivity contribution in [1.29, 1.82) is 5.26 Å². The second-order valence-corrected chi connectivity index (χ2v) is 9.40. The van der Waals surface area contributed by atoms with Crippen molar-refractivity contribution < 1.29 is 17.6 Å². The molecular formula is C20H17FN6O3S. The van der Waals surface area contributed by atoms with E-state index in [2.05, 4.69) is 20.3 Å². The number of amides is 1. The summed E-state index contributed by atoms with van der Waals surface area (Å²) in [4.78, 5) is 23.9. The number of nitrogens with one attached hydrogen (secondary N) is 2. The number of fused-ring (bicyclic) bond motifs is 1. The van der Waals surface area contributed by atoms with Gasteiger partial charge in [-0.3, -0.25) is 14.1 Å². The van der Waals surface area contributed by atoms with Gasteiger partial charge in [-0.15, -0.1) is 0 Å². The van der Waals surface area contributed by atoms with Crippen LogP contribution in [0.4, 0.5) is 10.1 Å². The third-order valence-corrected chi connectivity index (χ3v) is 6.94. The van der Waals surface area contributed by atoms with Crippen molar-refractivity contribution in [3.8, 4) is 6.07 Å². The van der Waals surface area contributed by atoms with Crippen LogP contribution in [0, 0.1) is 17.1 Å². The Labute approximate surface area is 177 Å². The fraction of sp³-hybridized carbons (Fsp3) is 0.200. The fourth-order valence-corrected chi connectivity index (χ4v) is 4.65. The summed E-state index contributed by atoms with van der Waals surface area (Å²) in [6.07, 6.45) is 1.15. The number of nitrogens with zero attached hydrogens (tertiary/aromatic N) is 4. The summed E-state index contributed by atoms with van der Waals surface area (Å²) in [7, 11) is -2.28. The number of anilines is 1. The first kappa shape index (κ1) is 20.5. The molecule has 1 amide bonds. The van der Waals surface area contributed by atoms with Crippen LogP contribution in [0.15, 0.2) is 41.4 Å². The van der Waals surface area contributed by atoms with E-state index in [1.165, 1.54) is 26.1 Å². The van der Waals surface area contributed by atoms with E-state index in [-0.39, 0.29) is 17.1 Å². The van der Waals surface area contributed by atoms with Crippen molar-refractivity contribution in [1.82, 2.24) is 14.3 Å². The van der Waals surface area contributed by atoms with Gasteiger partial charge in [0, 0.05) is 18.3 Å². The Morgan fingerprint density at radius 3 is 2.81 bits per heavy atom. The summed E-state index contributed by atoms with van der Waals surface area (Å²) in [5.74, 6) is -1.60. The maximum absolute atomic E-state index is 14.6. The molecule has 0 fully saturated rings. The SMILES string of the molecule is CN1C=NC(C)(c2cc(NC(=O)c3nc4ccc(C#N)cc4[nH]3)ccc2F)CS1(=O)=O. The first-order valence-corrected chi connectivity index (χ1v) is 10.7. The minimum atomic E-state index is -3.64. The molecule has 9 nitrogen and oxygen atoms in total. The molecule has 0 spiro atoms. The lowest BCUT2D eigenvalue weighted by Gasteiger charge is -2.32. The monoisotopic (exact) mass is 440 g/mol. The van der Waals surface area contributed by atoms with Crippen LogP contribution in [-0.2, 0) is 15.6 Å². The normalized spacial score (nSPS) is 19.9. The first-order valence-electron chi connectivity index (χ1n) is 9.14. The average molecular weight is 440 g/mol. The molecule has 0 saturated carbocycles. The predicted octanol–water partition coefficient (Wildman–Crippen LogP) is 2.34. The molecule has 4 rings (SSSR count). The van der Waals surface area contributed by atoms with E-state index in [4.69, 9.17) is 5.26 Å². The van der Waals surface area contributed by atoms with Gasteiger partial charge >= 0.3 is 0 Å². The Morgan fingerprint density at radius 1 is 1.32 bits per heavy atom. The predicted molar refractivity (Wildman–Crippen MR) is 113 cm³/mol. The van der Waals surface area contributed by atoms with Crippen molar-refractivity contribution in [3.63, 3.8) is 0 Å². The summed E-state index contributed by atoms with van der Waals surface area (Å²) in [6.45, 7) is 1.52. The zero-order valence-corrected chi connectivity index (χ0v) is 17.4. The number of nitriles is 1. The number of aliphatic imine (C=N–C) groups is 1. The number of hydrogen-bond donors (Lipinski definition) is 2. The molecule has 2 heterocycles.